The first-order chi connectivity index (χ1) is 25.7. The van der Waals surface area contributed by atoms with Gasteiger partial charge in [-0.25, -0.2) is 4.98 Å². The van der Waals surface area contributed by atoms with Crippen molar-refractivity contribution in [1.82, 2.24) is 35.3 Å². The fourth-order valence-electron chi connectivity index (χ4n) is 7.32. The molecule has 0 aliphatic carbocycles. The molecule has 2 aliphatic heterocycles. The smallest absolute Gasteiger partial charge is 0.245 e. The number of ether oxygens (including phenoxy) is 2. The number of imidazole rings is 1. The Kier molecular flexibility index (Phi) is 12.4. The molecule has 0 radical (unpaired) electrons. The second-order valence-electron chi connectivity index (χ2n) is 15.2. The third kappa shape index (κ3) is 9.27. The molecule has 3 aromatic carbocycles. The molecular formula is C41H51Cl2N7O4. The number of nitrogens with one attached hydrogen (secondary N) is 3. The standard InChI is InChI=1S/C41H51Cl2N7O4/c1-27(39(52)50-35(25-53-40(50,2)3)38(51)47-41(18-7-19-44-26-41)21-28-8-13-31(42)14-9-28)45-22-30-10-15-32(43)20-36(30)54-33-16-11-29(12-17-33)34-23-46-37(49(34)6)24-48(4)5/h8-17,20,23,27,35,44-45H,7,18-19,21-22,24-26H2,1-6H3,(H,47,51)/t27-,35-,41+/m0/s1. The van der Waals surface area contributed by atoms with E-state index in [1.54, 1.807) is 24.0 Å². The zero-order valence-electron chi connectivity index (χ0n) is 31.9. The van der Waals surface area contributed by atoms with E-state index in [1.165, 1.54) is 0 Å². The maximum absolute atomic E-state index is 14.2. The summed E-state index contributed by atoms with van der Waals surface area (Å²) in [7, 11) is 6.06. The number of aromatic nitrogens is 2. The summed E-state index contributed by atoms with van der Waals surface area (Å²) in [6.45, 7) is 8.14. The Bertz CT molecular complexity index is 1920. The minimum Gasteiger partial charge on any atom is -0.457 e. The highest BCUT2D eigenvalue weighted by atomic mass is 35.5. The molecule has 1 aromatic heterocycles. The average molecular weight is 777 g/mol. The van der Waals surface area contributed by atoms with Crippen LogP contribution in [0.15, 0.2) is 72.9 Å². The number of piperidine rings is 1. The van der Waals surface area contributed by atoms with Crippen molar-refractivity contribution in [3.8, 4) is 22.8 Å². The van der Waals surface area contributed by atoms with E-state index in [9.17, 15) is 9.59 Å². The van der Waals surface area contributed by atoms with Gasteiger partial charge < -0.3 is 34.9 Å². The van der Waals surface area contributed by atoms with Gasteiger partial charge in [-0.05, 0) is 115 Å². The van der Waals surface area contributed by atoms with Crippen LogP contribution in [-0.4, -0.2) is 88.3 Å². The molecule has 2 saturated heterocycles. The number of rotatable bonds is 13. The molecule has 0 unspecified atom stereocenters. The molecule has 6 rings (SSSR count). The molecule has 2 aliphatic rings. The van der Waals surface area contributed by atoms with Crippen LogP contribution in [0.3, 0.4) is 0 Å². The maximum atomic E-state index is 14.2. The third-order valence-electron chi connectivity index (χ3n) is 10.3. The fraction of sp³-hybridized carbons (Fsp3) is 0.439. The Balaban J connectivity index is 1.12. The molecule has 0 spiro atoms. The van der Waals surface area contributed by atoms with E-state index < -0.39 is 23.3 Å². The lowest BCUT2D eigenvalue weighted by molar-refractivity contribution is -0.151. The summed E-state index contributed by atoms with van der Waals surface area (Å²) < 4.78 is 14.5. The first kappa shape index (κ1) is 39.7. The van der Waals surface area contributed by atoms with Crippen LogP contribution in [0.5, 0.6) is 11.5 Å². The van der Waals surface area contributed by atoms with Crippen molar-refractivity contribution < 1.29 is 19.1 Å². The Morgan fingerprint density at radius 3 is 2.48 bits per heavy atom. The summed E-state index contributed by atoms with van der Waals surface area (Å²) in [5.41, 5.74) is 2.46. The number of hydrogen-bond acceptors (Lipinski definition) is 8. The molecule has 2 fully saturated rings. The predicted octanol–water partition coefficient (Wildman–Crippen LogP) is 6.17. The van der Waals surface area contributed by atoms with E-state index in [-0.39, 0.29) is 18.4 Å². The number of hydrogen-bond donors (Lipinski definition) is 3. The number of benzene rings is 3. The second kappa shape index (κ2) is 16.8. The van der Waals surface area contributed by atoms with Crippen LogP contribution < -0.4 is 20.7 Å². The summed E-state index contributed by atoms with van der Waals surface area (Å²) in [5, 5.41) is 11.4. The molecule has 11 nitrogen and oxygen atoms in total. The van der Waals surface area contributed by atoms with Crippen LogP contribution in [0, 0.1) is 0 Å². The molecule has 0 saturated carbocycles. The van der Waals surface area contributed by atoms with Gasteiger partial charge in [0.2, 0.25) is 11.8 Å². The Labute approximate surface area is 328 Å². The molecule has 3 atom stereocenters. The van der Waals surface area contributed by atoms with Crippen molar-refractivity contribution >= 4 is 35.0 Å². The molecule has 3 N–H and O–H groups in total. The normalized spacial score (nSPS) is 20.2. The van der Waals surface area contributed by atoms with Gasteiger partial charge in [-0.1, -0.05) is 41.4 Å². The Hall–Kier alpha value is -3.97. The summed E-state index contributed by atoms with van der Waals surface area (Å²) in [4.78, 5) is 36.5. The number of halogens is 2. The van der Waals surface area contributed by atoms with E-state index in [4.69, 9.17) is 32.7 Å². The first-order valence-corrected chi connectivity index (χ1v) is 19.2. The van der Waals surface area contributed by atoms with Gasteiger partial charge in [0.05, 0.1) is 36.6 Å². The molecule has 2 amide bonds. The zero-order valence-corrected chi connectivity index (χ0v) is 33.4. The van der Waals surface area contributed by atoms with E-state index >= 15 is 0 Å². The van der Waals surface area contributed by atoms with Crippen LogP contribution in [0.25, 0.3) is 11.3 Å². The van der Waals surface area contributed by atoms with Gasteiger partial charge in [0.25, 0.3) is 0 Å². The fourth-order valence-corrected chi connectivity index (χ4v) is 7.60. The van der Waals surface area contributed by atoms with Crippen molar-refractivity contribution in [2.24, 2.45) is 7.05 Å². The summed E-state index contributed by atoms with van der Waals surface area (Å²) in [6, 6.07) is 19.6. The van der Waals surface area contributed by atoms with Gasteiger partial charge in [0, 0.05) is 41.3 Å². The van der Waals surface area contributed by atoms with Gasteiger partial charge in [-0.3, -0.25) is 14.5 Å². The van der Waals surface area contributed by atoms with Gasteiger partial charge in [0.1, 0.15) is 29.1 Å². The quantitative estimate of drug-likeness (QED) is 0.148. The van der Waals surface area contributed by atoms with E-state index in [0.29, 0.717) is 41.1 Å². The topological polar surface area (TPSA) is 113 Å². The zero-order chi connectivity index (χ0) is 38.6. The lowest BCUT2D eigenvalue weighted by Crippen LogP contribution is -2.64. The van der Waals surface area contributed by atoms with Crippen molar-refractivity contribution in [2.45, 2.75) is 76.5 Å². The lowest BCUT2D eigenvalue weighted by Gasteiger charge is -2.41. The van der Waals surface area contributed by atoms with Crippen LogP contribution in [0.1, 0.15) is 50.6 Å². The summed E-state index contributed by atoms with van der Waals surface area (Å²) >= 11 is 12.6. The van der Waals surface area contributed by atoms with Gasteiger partial charge in [0.15, 0.2) is 0 Å². The van der Waals surface area contributed by atoms with Crippen molar-refractivity contribution in [3.05, 3.63) is 99.9 Å². The van der Waals surface area contributed by atoms with Gasteiger partial charge in [-0.15, -0.1) is 0 Å². The average Bonchev–Trinajstić information content (AvgIpc) is 3.66. The SMILES string of the molecule is C[C@H](NCc1ccc(Cl)cc1Oc1ccc(-c2cnc(CN(C)C)n2C)cc1)C(=O)N1[C@H](C(=O)N[C@@]2(Cc3ccc(Cl)cc3)CCCNC2)COC1(C)C. The summed E-state index contributed by atoms with van der Waals surface area (Å²) in [6.07, 6.45) is 4.27. The number of nitrogens with zero attached hydrogens (tertiary/aromatic N) is 4. The first-order valence-electron chi connectivity index (χ1n) is 18.4. The minimum atomic E-state index is -0.979. The number of amides is 2. The third-order valence-corrected chi connectivity index (χ3v) is 10.7. The highest BCUT2D eigenvalue weighted by molar-refractivity contribution is 6.31. The molecule has 4 aromatic rings. The maximum Gasteiger partial charge on any atom is 0.245 e. The molecule has 288 valence electrons. The van der Waals surface area contributed by atoms with Crippen LogP contribution in [0.4, 0.5) is 0 Å². The van der Waals surface area contributed by atoms with Crippen molar-refractivity contribution in [2.75, 3.05) is 33.8 Å². The molecule has 3 heterocycles. The van der Waals surface area contributed by atoms with Crippen LogP contribution in [-0.2, 0) is 40.9 Å². The van der Waals surface area contributed by atoms with E-state index in [2.05, 4.69) is 30.4 Å². The summed E-state index contributed by atoms with van der Waals surface area (Å²) in [5.74, 6) is 1.74. The largest absolute Gasteiger partial charge is 0.457 e. The van der Waals surface area contributed by atoms with Crippen molar-refractivity contribution in [1.29, 1.82) is 0 Å². The molecular weight excluding hydrogens is 725 g/mol. The lowest BCUT2D eigenvalue weighted by atomic mass is 9.83. The van der Waals surface area contributed by atoms with Gasteiger partial charge >= 0.3 is 0 Å². The molecule has 0 bridgehead atoms. The Morgan fingerprint density at radius 2 is 1.80 bits per heavy atom. The van der Waals surface area contributed by atoms with E-state index in [1.807, 2.05) is 95.8 Å². The van der Waals surface area contributed by atoms with Gasteiger partial charge in [-0.2, -0.15) is 0 Å². The highest BCUT2D eigenvalue weighted by Gasteiger charge is 2.49. The predicted molar refractivity (Wildman–Crippen MR) is 213 cm³/mol. The van der Waals surface area contributed by atoms with Crippen LogP contribution in [0.2, 0.25) is 10.0 Å². The number of carbonyl (C=O) groups excluding carboxylic acids is 2. The van der Waals surface area contributed by atoms with E-state index in [0.717, 1.165) is 54.1 Å². The highest BCUT2D eigenvalue weighted by Crippen LogP contribution is 2.33. The number of carbonyl (C=O) groups is 2. The Morgan fingerprint density at radius 1 is 1.07 bits per heavy atom. The molecule has 13 heteroatoms. The minimum absolute atomic E-state index is 0.105. The van der Waals surface area contributed by atoms with Crippen molar-refractivity contribution in [3.63, 3.8) is 0 Å². The monoisotopic (exact) mass is 775 g/mol. The van der Waals surface area contributed by atoms with Crippen LogP contribution >= 0.6 is 23.2 Å². The molecule has 54 heavy (non-hydrogen) atoms. The second-order valence-corrected chi connectivity index (χ2v) is 16.0.